The van der Waals surface area contributed by atoms with Crippen LogP contribution in [0.4, 0.5) is 0 Å². The van der Waals surface area contributed by atoms with Crippen LogP contribution in [-0.2, 0) is 22.4 Å². The molecule has 0 spiro atoms. The number of nitriles is 1. The van der Waals surface area contributed by atoms with E-state index in [1.54, 1.807) is 11.6 Å². The van der Waals surface area contributed by atoms with E-state index in [-0.39, 0.29) is 0 Å². The molecule has 0 bridgehead atoms. The van der Waals surface area contributed by atoms with Crippen LogP contribution in [0.1, 0.15) is 17.5 Å². The molecule has 0 radical (unpaired) electrons. The normalized spacial score (nSPS) is 14.8. The predicted octanol–water partition coefficient (Wildman–Crippen LogP) is 4.58. The van der Waals surface area contributed by atoms with Crippen LogP contribution < -0.4 is 9.65 Å². The van der Waals surface area contributed by atoms with Gasteiger partial charge in [-0.05, 0) is 6.42 Å². The lowest BCUT2D eigenvalue weighted by Gasteiger charge is -2.23. The zero-order valence-electron chi connectivity index (χ0n) is 17.1. The maximum Gasteiger partial charge on any atom is 0.244 e. The van der Waals surface area contributed by atoms with Crippen molar-refractivity contribution in [2.75, 3.05) is 6.54 Å². The maximum atomic E-state index is 13.7. The molecule has 1 aromatic heterocycles. The minimum atomic E-state index is -2.94. The summed E-state index contributed by atoms with van der Waals surface area (Å²) in [6.07, 6.45) is 6.52. The predicted molar refractivity (Wildman–Crippen MR) is 120 cm³/mol. The minimum absolute atomic E-state index is 0.334. The Morgan fingerprint density at radius 2 is 1.61 bits per heavy atom. The summed E-state index contributed by atoms with van der Waals surface area (Å²) in [7, 11) is -2.94. The van der Waals surface area contributed by atoms with Gasteiger partial charge in [0.25, 0.3) is 0 Å². The van der Waals surface area contributed by atoms with Crippen molar-refractivity contribution in [1.29, 1.82) is 5.26 Å². The Balaban J connectivity index is 1.49. The third kappa shape index (κ3) is 5.40. The van der Waals surface area contributed by atoms with E-state index in [0.717, 1.165) is 24.1 Å². The number of ether oxygens (including phenoxy) is 1. The molecule has 0 atom stereocenters. The first-order chi connectivity index (χ1) is 15.1. The average molecular weight is 431 g/mol. The Bertz CT molecular complexity index is 1120. The third-order valence-electron chi connectivity index (χ3n) is 4.91. The van der Waals surface area contributed by atoms with Gasteiger partial charge in [-0.1, -0.05) is 60.7 Å². The van der Waals surface area contributed by atoms with Crippen molar-refractivity contribution < 1.29 is 13.9 Å². The Labute approximate surface area is 182 Å². The molecular formula is C24H24N4O2P+. The van der Waals surface area contributed by atoms with Crippen LogP contribution >= 0.6 is 7.29 Å². The van der Waals surface area contributed by atoms with Gasteiger partial charge in [0, 0.05) is 29.3 Å². The minimum Gasteiger partial charge on any atom is -0.456 e. The second-order valence-corrected chi connectivity index (χ2v) is 9.53. The fourth-order valence-corrected chi connectivity index (χ4v) is 5.25. The van der Waals surface area contributed by atoms with E-state index in [0.29, 0.717) is 24.6 Å². The van der Waals surface area contributed by atoms with Gasteiger partial charge in [0.05, 0.1) is 6.54 Å². The second kappa shape index (κ2) is 9.61. The van der Waals surface area contributed by atoms with Crippen molar-refractivity contribution in [3.05, 3.63) is 102 Å². The van der Waals surface area contributed by atoms with Crippen LogP contribution in [-0.4, -0.2) is 11.1 Å². The summed E-state index contributed by atoms with van der Waals surface area (Å²) in [5.41, 5.74) is 1.78. The summed E-state index contributed by atoms with van der Waals surface area (Å²) >= 11 is 0. The molecular weight excluding hydrogens is 407 g/mol. The monoisotopic (exact) mass is 431 g/mol. The molecule has 0 saturated carbocycles. The molecule has 1 aliphatic heterocycles. The standard InChI is InChI=1S/C24H24N4O2P/c25-12-15-28-17-16-27(20-28)14-7-13-26-31(29)18-23(21-8-3-1-4-9-21)30-24(19-31)22-10-5-2-6-11-22/h1-6,8-11,16-20H,7,13-15H2,(H,26,29)/q+1. The highest BCUT2D eigenvalue weighted by molar-refractivity contribution is 7.68. The number of rotatable bonds is 8. The van der Waals surface area contributed by atoms with E-state index in [9.17, 15) is 4.57 Å². The molecule has 0 fully saturated rings. The first-order valence-electron chi connectivity index (χ1n) is 10.2. The lowest BCUT2D eigenvalue weighted by Crippen LogP contribution is -2.32. The number of benzene rings is 2. The third-order valence-corrected chi connectivity index (χ3v) is 6.86. The molecule has 3 aromatic rings. The Morgan fingerprint density at radius 3 is 2.19 bits per heavy atom. The van der Waals surface area contributed by atoms with Crippen molar-refractivity contribution in [2.24, 2.45) is 0 Å². The van der Waals surface area contributed by atoms with Crippen LogP contribution in [0.15, 0.2) is 91.0 Å². The average Bonchev–Trinajstić information content (AvgIpc) is 3.25. The van der Waals surface area contributed by atoms with Crippen LogP contribution in [0.3, 0.4) is 0 Å². The second-order valence-electron chi connectivity index (χ2n) is 7.27. The van der Waals surface area contributed by atoms with E-state index < -0.39 is 7.29 Å². The smallest absolute Gasteiger partial charge is 0.244 e. The highest BCUT2D eigenvalue weighted by Crippen LogP contribution is 2.53. The Hall–Kier alpha value is -3.39. The number of hydrogen-bond acceptors (Lipinski definition) is 3. The van der Waals surface area contributed by atoms with Crippen molar-refractivity contribution in [3.63, 3.8) is 0 Å². The van der Waals surface area contributed by atoms with Crippen molar-refractivity contribution in [3.8, 4) is 6.07 Å². The van der Waals surface area contributed by atoms with E-state index in [1.165, 1.54) is 0 Å². The van der Waals surface area contributed by atoms with Crippen LogP contribution in [0, 0.1) is 11.3 Å². The fourth-order valence-electron chi connectivity index (χ4n) is 3.38. The van der Waals surface area contributed by atoms with Gasteiger partial charge in [-0.2, -0.15) is 5.26 Å². The van der Waals surface area contributed by atoms with Gasteiger partial charge in [-0.3, -0.25) is 9.65 Å². The van der Waals surface area contributed by atoms with Gasteiger partial charge in [0.2, 0.25) is 6.33 Å². The van der Waals surface area contributed by atoms with Crippen molar-refractivity contribution in [2.45, 2.75) is 19.5 Å². The Morgan fingerprint density at radius 1 is 1.00 bits per heavy atom. The maximum absolute atomic E-state index is 13.7. The van der Waals surface area contributed by atoms with E-state index >= 15 is 0 Å². The molecule has 0 aliphatic carbocycles. The summed E-state index contributed by atoms with van der Waals surface area (Å²) < 4.78 is 23.7. The summed E-state index contributed by atoms with van der Waals surface area (Å²) in [6.45, 7) is 1.69. The van der Waals surface area contributed by atoms with Crippen LogP contribution in [0.25, 0.3) is 11.5 Å². The van der Waals surface area contributed by atoms with E-state index in [1.807, 2.05) is 88.5 Å². The fraction of sp³-hybridized carbons (Fsp3) is 0.167. The van der Waals surface area contributed by atoms with E-state index in [2.05, 4.69) is 11.2 Å². The first-order valence-corrected chi connectivity index (χ1v) is 12.0. The summed E-state index contributed by atoms with van der Waals surface area (Å²) in [5, 5.41) is 12.0. The zero-order chi connectivity index (χ0) is 21.5. The van der Waals surface area contributed by atoms with Crippen molar-refractivity contribution in [1.82, 2.24) is 9.65 Å². The molecule has 1 N–H and O–H groups in total. The molecule has 0 unspecified atom stereocenters. The topological polar surface area (TPSA) is 70.9 Å². The quantitative estimate of drug-likeness (QED) is 0.322. The van der Waals surface area contributed by atoms with Gasteiger partial charge in [0.1, 0.15) is 30.0 Å². The zero-order valence-corrected chi connectivity index (χ0v) is 18.0. The van der Waals surface area contributed by atoms with Crippen LogP contribution in [0.5, 0.6) is 0 Å². The molecule has 6 nitrogen and oxygen atoms in total. The first kappa shape index (κ1) is 20.9. The lowest BCUT2D eigenvalue weighted by molar-refractivity contribution is -0.696. The molecule has 1 aliphatic rings. The molecule has 7 heteroatoms. The van der Waals surface area contributed by atoms with Gasteiger partial charge in [0.15, 0.2) is 13.8 Å². The molecule has 4 rings (SSSR count). The number of nitrogens with zero attached hydrogens (tertiary/aromatic N) is 3. The summed E-state index contributed by atoms with van der Waals surface area (Å²) in [4.78, 5) is 0. The van der Waals surface area contributed by atoms with Gasteiger partial charge < -0.3 is 4.74 Å². The number of hydrogen-bond donors (Lipinski definition) is 1. The molecule has 2 heterocycles. The SMILES string of the molecule is N#CCn1cc[n+](CCCNP2(=O)C=C(c3ccccc3)OC(c3ccccc3)=C2)c1. The molecule has 31 heavy (non-hydrogen) atoms. The van der Waals surface area contributed by atoms with Gasteiger partial charge >= 0.3 is 0 Å². The number of nitrogens with one attached hydrogen (secondary N) is 1. The molecule has 0 saturated heterocycles. The largest absolute Gasteiger partial charge is 0.456 e. The van der Waals surface area contributed by atoms with Gasteiger partial charge in [-0.15, -0.1) is 0 Å². The highest BCUT2D eigenvalue weighted by Gasteiger charge is 2.26. The lowest BCUT2D eigenvalue weighted by atomic mass is 10.2. The number of imidazole rings is 1. The summed E-state index contributed by atoms with van der Waals surface area (Å²) in [5.74, 6) is 4.62. The Kier molecular flexibility index (Phi) is 6.47. The number of aryl methyl sites for hydroxylation is 1. The molecule has 0 amide bonds. The van der Waals surface area contributed by atoms with Crippen molar-refractivity contribution >= 4 is 18.8 Å². The highest BCUT2D eigenvalue weighted by atomic mass is 31.2. The van der Waals surface area contributed by atoms with Crippen LogP contribution in [0.2, 0.25) is 0 Å². The molecule has 156 valence electrons. The van der Waals surface area contributed by atoms with Gasteiger partial charge in [-0.25, -0.2) is 9.13 Å². The molecule has 2 aromatic carbocycles. The number of aromatic nitrogens is 2. The summed E-state index contributed by atoms with van der Waals surface area (Å²) in [6, 6.07) is 21.6. The van der Waals surface area contributed by atoms with E-state index in [4.69, 9.17) is 10.00 Å².